The van der Waals surface area contributed by atoms with E-state index < -0.39 is 5.60 Å². The first-order valence-electron chi connectivity index (χ1n) is 8.19. The summed E-state index contributed by atoms with van der Waals surface area (Å²) in [6, 6.07) is 6.02. The van der Waals surface area contributed by atoms with Gasteiger partial charge in [-0.2, -0.15) is 0 Å². The van der Waals surface area contributed by atoms with Crippen LogP contribution in [0.5, 0.6) is 0 Å². The monoisotopic (exact) mass is 320 g/mol. The number of methoxy groups -OCH3 is 1. The molecule has 3 N–H and O–H groups in total. The molecule has 0 radical (unpaired) electrons. The average Bonchev–Trinajstić information content (AvgIpc) is 2.96. The number of ether oxygens (including phenoxy) is 1. The van der Waals surface area contributed by atoms with Gasteiger partial charge < -0.3 is 20.5 Å². The van der Waals surface area contributed by atoms with E-state index >= 15 is 0 Å². The molecule has 128 valence electrons. The summed E-state index contributed by atoms with van der Waals surface area (Å²) in [7, 11) is 1.40. The molecule has 5 heteroatoms. The molecule has 1 aromatic rings. The van der Waals surface area contributed by atoms with Crippen molar-refractivity contribution in [1.29, 1.82) is 0 Å². The lowest BCUT2D eigenvalue weighted by atomic mass is 9.94. The Labute approximate surface area is 138 Å². The number of benzene rings is 1. The van der Waals surface area contributed by atoms with Crippen LogP contribution in [0.1, 0.15) is 51.5 Å². The van der Waals surface area contributed by atoms with Gasteiger partial charge in [0.2, 0.25) is 0 Å². The average molecular weight is 320 g/mol. The third-order valence-electron chi connectivity index (χ3n) is 4.70. The van der Waals surface area contributed by atoms with E-state index in [9.17, 15) is 9.90 Å². The Kier molecular flexibility index (Phi) is 5.19. The molecule has 0 spiro atoms. The quantitative estimate of drug-likeness (QED) is 0.644. The fraction of sp³-hybridized carbons (Fsp3) is 0.611. The van der Waals surface area contributed by atoms with E-state index in [0.29, 0.717) is 12.1 Å². The number of hydrogen-bond donors (Lipinski definition) is 2. The summed E-state index contributed by atoms with van der Waals surface area (Å²) in [5, 5.41) is 10.4. The van der Waals surface area contributed by atoms with E-state index in [0.717, 1.165) is 30.6 Å². The van der Waals surface area contributed by atoms with Crippen LogP contribution in [-0.2, 0) is 9.53 Å². The number of nitrogens with two attached hydrogens (primary N) is 1. The van der Waals surface area contributed by atoms with Crippen LogP contribution in [0.4, 0.5) is 11.4 Å². The van der Waals surface area contributed by atoms with Crippen LogP contribution in [-0.4, -0.2) is 36.4 Å². The Morgan fingerprint density at radius 3 is 2.78 bits per heavy atom. The minimum absolute atomic E-state index is 0.0578. The largest absolute Gasteiger partial charge is 0.469 e. The second-order valence-electron chi connectivity index (χ2n) is 7.00. The molecule has 1 heterocycles. The van der Waals surface area contributed by atoms with Gasteiger partial charge in [-0.15, -0.1) is 0 Å². The molecule has 2 rings (SSSR count). The fourth-order valence-electron chi connectivity index (χ4n) is 3.38. The number of anilines is 2. The minimum atomic E-state index is -0.764. The standard InChI is InChI=1S/C18H28N2O3/c1-12(10-17(21)23-4)13-7-8-15(14(19)11-13)20-9-5-6-16(20)18(2,3)22/h7-8,11-12,16,22H,5-6,9-10,19H2,1-4H3. The Morgan fingerprint density at radius 2 is 2.22 bits per heavy atom. The highest BCUT2D eigenvalue weighted by molar-refractivity contribution is 5.72. The fourth-order valence-corrected chi connectivity index (χ4v) is 3.38. The highest BCUT2D eigenvalue weighted by Crippen LogP contribution is 2.36. The van der Waals surface area contributed by atoms with Crippen molar-refractivity contribution in [2.45, 2.75) is 57.6 Å². The Bertz CT molecular complexity index is 566. The van der Waals surface area contributed by atoms with Crippen LogP contribution in [0, 0.1) is 0 Å². The third-order valence-corrected chi connectivity index (χ3v) is 4.70. The second-order valence-corrected chi connectivity index (χ2v) is 7.00. The summed E-state index contributed by atoms with van der Waals surface area (Å²) >= 11 is 0. The van der Waals surface area contributed by atoms with Crippen molar-refractivity contribution in [3.8, 4) is 0 Å². The minimum Gasteiger partial charge on any atom is -0.469 e. The van der Waals surface area contributed by atoms with Crippen LogP contribution < -0.4 is 10.6 Å². The first kappa shape index (κ1) is 17.6. The van der Waals surface area contributed by atoms with Crippen molar-refractivity contribution in [1.82, 2.24) is 0 Å². The van der Waals surface area contributed by atoms with Gasteiger partial charge in [-0.25, -0.2) is 0 Å². The van der Waals surface area contributed by atoms with Crippen LogP contribution in [0.2, 0.25) is 0 Å². The van der Waals surface area contributed by atoms with E-state index in [2.05, 4.69) is 4.90 Å². The van der Waals surface area contributed by atoms with Gasteiger partial charge in [0.1, 0.15) is 0 Å². The maximum atomic E-state index is 11.4. The summed E-state index contributed by atoms with van der Waals surface area (Å²) in [6.45, 7) is 6.58. The second kappa shape index (κ2) is 6.79. The van der Waals surface area contributed by atoms with E-state index in [1.807, 2.05) is 39.0 Å². The van der Waals surface area contributed by atoms with Gasteiger partial charge in [0, 0.05) is 6.54 Å². The predicted molar refractivity (Wildman–Crippen MR) is 92.6 cm³/mol. The van der Waals surface area contributed by atoms with Crippen molar-refractivity contribution < 1.29 is 14.6 Å². The number of rotatable bonds is 5. The van der Waals surface area contributed by atoms with E-state index in [1.54, 1.807) is 0 Å². The zero-order valence-electron chi connectivity index (χ0n) is 14.5. The zero-order chi connectivity index (χ0) is 17.2. The van der Waals surface area contributed by atoms with Crippen molar-refractivity contribution >= 4 is 17.3 Å². The molecule has 0 amide bonds. The molecule has 1 aromatic carbocycles. The molecule has 0 aliphatic carbocycles. The summed E-state index contributed by atoms with van der Waals surface area (Å²) < 4.78 is 4.72. The van der Waals surface area contributed by atoms with Gasteiger partial charge in [-0.05, 0) is 50.3 Å². The van der Waals surface area contributed by atoms with Gasteiger partial charge in [-0.3, -0.25) is 4.79 Å². The van der Waals surface area contributed by atoms with Gasteiger partial charge in [0.05, 0.1) is 36.5 Å². The van der Waals surface area contributed by atoms with Gasteiger partial charge in [0.15, 0.2) is 0 Å². The van der Waals surface area contributed by atoms with Crippen LogP contribution in [0.3, 0.4) is 0 Å². The maximum absolute atomic E-state index is 11.4. The van der Waals surface area contributed by atoms with Crippen molar-refractivity contribution in [2.24, 2.45) is 0 Å². The molecular weight excluding hydrogens is 292 g/mol. The molecule has 23 heavy (non-hydrogen) atoms. The molecule has 1 fully saturated rings. The number of carbonyl (C=O) groups is 1. The first-order valence-corrected chi connectivity index (χ1v) is 8.19. The summed E-state index contributed by atoms with van der Waals surface area (Å²) in [6.07, 6.45) is 2.35. The third kappa shape index (κ3) is 3.96. The number of hydrogen-bond acceptors (Lipinski definition) is 5. The molecule has 5 nitrogen and oxygen atoms in total. The van der Waals surface area contributed by atoms with Crippen LogP contribution in [0.25, 0.3) is 0 Å². The molecule has 0 bridgehead atoms. The van der Waals surface area contributed by atoms with E-state index in [4.69, 9.17) is 10.5 Å². The molecular formula is C18H28N2O3. The highest BCUT2D eigenvalue weighted by atomic mass is 16.5. The van der Waals surface area contributed by atoms with Gasteiger partial charge >= 0.3 is 5.97 Å². The van der Waals surface area contributed by atoms with Crippen LogP contribution >= 0.6 is 0 Å². The molecule has 1 saturated heterocycles. The summed E-state index contributed by atoms with van der Waals surface area (Å²) in [4.78, 5) is 13.6. The lowest BCUT2D eigenvalue weighted by Crippen LogP contribution is -2.46. The van der Waals surface area contributed by atoms with Gasteiger partial charge in [-0.1, -0.05) is 13.0 Å². The summed E-state index contributed by atoms with van der Waals surface area (Å²) in [5.74, 6) is -0.163. The number of carbonyl (C=O) groups excluding carboxylic acids is 1. The Balaban J connectivity index is 2.21. The molecule has 1 aliphatic heterocycles. The van der Waals surface area contributed by atoms with Crippen molar-refractivity contribution in [3.63, 3.8) is 0 Å². The molecule has 2 unspecified atom stereocenters. The number of esters is 1. The maximum Gasteiger partial charge on any atom is 0.306 e. The number of nitrogens with zero attached hydrogens (tertiary/aromatic N) is 1. The lowest BCUT2D eigenvalue weighted by Gasteiger charge is -2.36. The molecule has 1 aliphatic rings. The SMILES string of the molecule is COC(=O)CC(C)c1ccc(N2CCCC2C(C)(C)O)c(N)c1. The van der Waals surface area contributed by atoms with Crippen molar-refractivity contribution in [3.05, 3.63) is 23.8 Å². The molecule has 0 saturated carbocycles. The Morgan fingerprint density at radius 1 is 1.52 bits per heavy atom. The number of aliphatic hydroxyl groups is 1. The predicted octanol–water partition coefficient (Wildman–Crippen LogP) is 2.68. The lowest BCUT2D eigenvalue weighted by molar-refractivity contribution is -0.140. The Hall–Kier alpha value is -1.75. The summed E-state index contributed by atoms with van der Waals surface area (Å²) in [5.41, 5.74) is 8.18. The highest BCUT2D eigenvalue weighted by Gasteiger charge is 2.36. The first-order chi connectivity index (χ1) is 10.7. The van der Waals surface area contributed by atoms with E-state index in [1.165, 1.54) is 7.11 Å². The van der Waals surface area contributed by atoms with Crippen LogP contribution in [0.15, 0.2) is 18.2 Å². The zero-order valence-corrected chi connectivity index (χ0v) is 14.5. The normalized spacial score (nSPS) is 19.7. The topological polar surface area (TPSA) is 75.8 Å². The van der Waals surface area contributed by atoms with Gasteiger partial charge in [0.25, 0.3) is 0 Å². The molecule has 0 aromatic heterocycles. The number of nitrogen functional groups attached to an aromatic ring is 1. The van der Waals surface area contributed by atoms with Crippen molar-refractivity contribution in [2.75, 3.05) is 24.3 Å². The molecule has 2 atom stereocenters. The van der Waals surface area contributed by atoms with E-state index in [-0.39, 0.29) is 17.9 Å². The smallest absolute Gasteiger partial charge is 0.306 e.